The van der Waals surface area contributed by atoms with Crippen LogP contribution in [0.5, 0.6) is 0 Å². The number of hydrogen-bond acceptors (Lipinski definition) is 4. The lowest BCUT2D eigenvalue weighted by atomic mass is 10.1. The molecule has 0 spiro atoms. The lowest BCUT2D eigenvalue weighted by molar-refractivity contribution is 0.0948. The van der Waals surface area contributed by atoms with Crippen molar-refractivity contribution in [1.29, 1.82) is 0 Å². The normalized spacial score (nSPS) is 10.9. The quantitative estimate of drug-likeness (QED) is 0.734. The van der Waals surface area contributed by atoms with Gasteiger partial charge in [0.15, 0.2) is 5.69 Å². The van der Waals surface area contributed by atoms with Gasteiger partial charge in [-0.05, 0) is 25.1 Å². The van der Waals surface area contributed by atoms with Gasteiger partial charge in [-0.25, -0.2) is 0 Å². The van der Waals surface area contributed by atoms with E-state index in [4.69, 9.17) is 27.7 Å². The van der Waals surface area contributed by atoms with Gasteiger partial charge in [0.25, 0.3) is 5.91 Å². The van der Waals surface area contributed by atoms with Crippen molar-refractivity contribution in [3.05, 3.63) is 57.5 Å². The van der Waals surface area contributed by atoms with Crippen molar-refractivity contribution in [3.63, 3.8) is 0 Å². The molecule has 25 heavy (non-hydrogen) atoms. The molecule has 0 unspecified atom stereocenters. The molecule has 1 amide bonds. The summed E-state index contributed by atoms with van der Waals surface area (Å²) in [7, 11) is 1.77. The summed E-state index contributed by atoms with van der Waals surface area (Å²) in [5, 5.41) is 11.9. The van der Waals surface area contributed by atoms with Crippen molar-refractivity contribution < 1.29 is 9.32 Å². The zero-order valence-electron chi connectivity index (χ0n) is 13.7. The first-order chi connectivity index (χ1) is 11.9. The summed E-state index contributed by atoms with van der Waals surface area (Å²) in [4.78, 5) is 12.3. The molecule has 2 heterocycles. The smallest absolute Gasteiger partial charge is 0.271 e. The van der Waals surface area contributed by atoms with Gasteiger partial charge in [-0.3, -0.25) is 9.48 Å². The van der Waals surface area contributed by atoms with Crippen molar-refractivity contribution in [1.82, 2.24) is 20.3 Å². The first kappa shape index (κ1) is 17.5. The predicted molar refractivity (Wildman–Crippen MR) is 95.9 cm³/mol. The van der Waals surface area contributed by atoms with Crippen LogP contribution in [0.3, 0.4) is 0 Å². The van der Waals surface area contributed by atoms with Gasteiger partial charge in [-0.1, -0.05) is 34.4 Å². The maximum atomic E-state index is 12.3. The molecule has 0 atom stereocenters. The summed E-state index contributed by atoms with van der Waals surface area (Å²) in [6, 6.07) is 8.85. The Hall–Kier alpha value is -2.31. The van der Waals surface area contributed by atoms with E-state index in [1.54, 1.807) is 29.9 Å². The van der Waals surface area contributed by atoms with Gasteiger partial charge < -0.3 is 9.84 Å². The number of halogens is 2. The van der Waals surface area contributed by atoms with E-state index in [2.05, 4.69) is 15.6 Å². The standard InChI is InChI=1S/C17H16Cl2N4O2/c1-10-7-12(22-25-10)5-6-20-17(24)15-9-16(23(2)21-15)11-3-4-13(18)14(19)8-11/h3-4,7-9H,5-6H2,1-2H3,(H,20,24). The summed E-state index contributed by atoms with van der Waals surface area (Å²) in [6.45, 7) is 2.27. The summed E-state index contributed by atoms with van der Waals surface area (Å²) in [6.07, 6.45) is 0.593. The highest BCUT2D eigenvalue weighted by Gasteiger charge is 2.14. The van der Waals surface area contributed by atoms with Gasteiger partial charge in [0.05, 0.1) is 21.4 Å². The number of carbonyl (C=O) groups excluding carboxylic acids is 1. The molecule has 0 saturated carbocycles. The fraction of sp³-hybridized carbons (Fsp3) is 0.235. The second-order valence-electron chi connectivity index (χ2n) is 5.60. The molecule has 0 aliphatic rings. The van der Waals surface area contributed by atoms with Crippen LogP contribution in [0.1, 0.15) is 21.9 Å². The highest BCUT2D eigenvalue weighted by molar-refractivity contribution is 6.42. The molecule has 1 aromatic carbocycles. The number of aromatic nitrogens is 3. The van der Waals surface area contributed by atoms with E-state index in [-0.39, 0.29) is 5.91 Å². The van der Waals surface area contributed by atoms with E-state index in [0.717, 1.165) is 22.7 Å². The minimum Gasteiger partial charge on any atom is -0.361 e. The van der Waals surface area contributed by atoms with Gasteiger partial charge in [-0.15, -0.1) is 0 Å². The van der Waals surface area contributed by atoms with Crippen LogP contribution in [0.15, 0.2) is 34.9 Å². The van der Waals surface area contributed by atoms with Gasteiger partial charge in [-0.2, -0.15) is 5.10 Å². The van der Waals surface area contributed by atoms with Crippen LogP contribution in [0, 0.1) is 6.92 Å². The molecular weight excluding hydrogens is 363 g/mol. The fourth-order valence-corrected chi connectivity index (χ4v) is 2.73. The van der Waals surface area contributed by atoms with Crippen molar-refractivity contribution in [2.75, 3.05) is 6.54 Å². The summed E-state index contributed by atoms with van der Waals surface area (Å²) in [5.74, 6) is 0.499. The van der Waals surface area contributed by atoms with Gasteiger partial charge in [0, 0.05) is 31.6 Å². The average Bonchev–Trinajstić information content (AvgIpc) is 3.16. The Morgan fingerprint density at radius 3 is 2.72 bits per heavy atom. The lowest BCUT2D eigenvalue weighted by Gasteiger charge is -2.03. The minimum atomic E-state index is -0.248. The monoisotopic (exact) mass is 378 g/mol. The molecule has 0 aliphatic heterocycles. The topological polar surface area (TPSA) is 73.0 Å². The zero-order valence-corrected chi connectivity index (χ0v) is 15.2. The van der Waals surface area contributed by atoms with Crippen LogP contribution in [-0.2, 0) is 13.5 Å². The largest absolute Gasteiger partial charge is 0.361 e. The molecule has 0 fully saturated rings. The molecular formula is C17H16Cl2N4O2. The highest BCUT2D eigenvalue weighted by Crippen LogP contribution is 2.28. The third kappa shape index (κ3) is 4.03. The van der Waals surface area contributed by atoms with Crippen LogP contribution in [0.2, 0.25) is 10.0 Å². The van der Waals surface area contributed by atoms with E-state index < -0.39 is 0 Å². The van der Waals surface area contributed by atoms with Gasteiger partial charge >= 0.3 is 0 Å². The Morgan fingerprint density at radius 1 is 1.24 bits per heavy atom. The number of carbonyl (C=O) groups is 1. The summed E-state index contributed by atoms with van der Waals surface area (Å²) < 4.78 is 6.63. The Morgan fingerprint density at radius 2 is 2.04 bits per heavy atom. The van der Waals surface area contributed by atoms with E-state index in [9.17, 15) is 4.79 Å². The Balaban J connectivity index is 1.68. The van der Waals surface area contributed by atoms with Crippen LogP contribution in [0.25, 0.3) is 11.3 Å². The number of aryl methyl sites for hydroxylation is 2. The molecule has 0 radical (unpaired) electrons. The van der Waals surface area contributed by atoms with Crippen LogP contribution < -0.4 is 5.32 Å². The maximum Gasteiger partial charge on any atom is 0.271 e. The molecule has 2 aromatic heterocycles. The number of hydrogen-bond donors (Lipinski definition) is 1. The number of amides is 1. The van der Waals surface area contributed by atoms with Crippen molar-refractivity contribution in [3.8, 4) is 11.3 Å². The van der Waals surface area contributed by atoms with E-state index in [0.29, 0.717) is 28.7 Å². The van der Waals surface area contributed by atoms with E-state index >= 15 is 0 Å². The Bertz CT molecular complexity index is 917. The molecule has 6 nitrogen and oxygen atoms in total. The zero-order chi connectivity index (χ0) is 18.0. The second-order valence-corrected chi connectivity index (χ2v) is 6.42. The number of nitrogens with zero attached hydrogens (tertiary/aromatic N) is 3. The molecule has 0 bridgehead atoms. The predicted octanol–water partition coefficient (Wildman–Crippen LogP) is 3.66. The molecule has 1 N–H and O–H groups in total. The van der Waals surface area contributed by atoms with Crippen molar-refractivity contribution in [2.24, 2.45) is 7.05 Å². The van der Waals surface area contributed by atoms with Crippen LogP contribution in [0.4, 0.5) is 0 Å². The van der Waals surface area contributed by atoms with Crippen molar-refractivity contribution in [2.45, 2.75) is 13.3 Å². The molecule has 8 heteroatoms. The minimum absolute atomic E-state index is 0.248. The number of nitrogens with one attached hydrogen (secondary N) is 1. The van der Waals surface area contributed by atoms with E-state index in [1.165, 1.54) is 0 Å². The molecule has 3 rings (SSSR count). The molecule has 0 aliphatic carbocycles. The number of rotatable bonds is 5. The average molecular weight is 379 g/mol. The third-order valence-electron chi connectivity index (χ3n) is 3.67. The fourth-order valence-electron chi connectivity index (χ4n) is 2.43. The number of benzene rings is 1. The summed E-state index contributed by atoms with van der Waals surface area (Å²) in [5.41, 5.74) is 2.74. The van der Waals surface area contributed by atoms with Gasteiger partial charge in [0.1, 0.15) is 5.76 Å². The Labute approximate surface area is 154 Å². The third-order valence-corrected chi connectivity index (χ3v) is 4.41. The van der Waals surface area contributed by atoms with Gasteiger partial charge in [0.2, 0.25) is 0 Å². The van der Waals surface area contributed by atoms with E-state index in [1.807, 2.05) is 19.1 Å². The van der Waals surface area contributed by atoms with Crippen molar-refractivity contribution >= 4 is 29.1 Å². The summed E-state index contributed by atoms with van der Waals surface area (Å²) >= 11 is 12.0. The SMILES string of the molecule is Cc1cc(CCNC(=O)c2cc(-c3ccc(Cl)c(Cl)c3)n(C)n2)no1. The lowest BCUT2D eigenvalue weighted by Crippen LogP contribution is -2.26. The van der Waals surface area contributed by atoms with Crippen LogP contribution in [-0.4, -0.2) is 27.4 Å². The Kier molecular flexibility index (Phi) is 5.11. The second kappa shape index (κ2) is 7.29. The molecule has 3 aromatic rings. The maximum absolute atomic E-state index is 12.3. The first-order valence-electron chi connectivity index (χ1n) is 7.64. The highest BCUT2D eigenvalue weighted by atomic mass is 35.5. The molecule has 0 saturated heterocycles. The molecule has 130 valence electrons. The first-order valence-corrected chi connectivity index (χ1v) is 8.39. The van der Waals surface area contributed by atoms with Crippen LogP contribution >= 0.6 is 23.2 Å².